The molecule has 1 aliphatic heterocycles. The molecule has 2 nitrogen and oxygen atoms in total. The van der Waals surface area contributed by atoms with Crippen LogP contribution < -0.4 is 0 Å². The lowest BCUT2D eigenvalue weighted by Gasteiger charge is -2.34. The summed E-state index contributed by atoms with van der Waals surface area (Å²) in [5.74, 6) is 0.847. The van der Waals surface area contributed by atoms with Gasteiger partial charge in [0.1, 0.15) is 0 Å². The fourth-order valence-electron chi connectivity index (χ4n) is 2.39. The summed E-state index contributed by atoms with van der Waals surface area (Å²) in [5.41, 5.74) is 0.157. The van der Waals surface area contributed by atoms with E-state index in [0.717, 1.165) is 25.3 Å². The van der Waals surface area contributed by atoms with E-state index < -0.39 is 0 Å². The van der Waals surface area contributed by atoms with Crippen LogP contribution in [0.4, 0.5) is 0 Å². The standard InChI is InChI=1S/C12H25NO/c1-4-12(5-2,10-14)9-13-7-6-11(3)8-13/h11,14H,4-10H2,1-3H3. The topological polar surface area (TPSA) is 23.5 Å². The van der Waals surface area contributed by atoms with Crippen LogP contribution in [0.3, 0.4) is 0 Å². The molecule has 1 aliphatic rings. The van der Waals surface area contributed by atoms with Gasteiger partial charge in [0.25, 0.3) is 0 Å². The van der Waals surface area contributed by atoms with Crippen molar-refractivity contribution in [3.05, 3.63) is 0 Å². The maximum atomic E-state index is 9.48. The van der Waals surface area contributed by atoms with Gasteiger partial charge in [-0.2, -0.15) is 0 Å². The maximum Gasteiger partial charge on any atom is 0.0499 e. The summed E-state index contributed by atoms with van der Waals surface area (Å²) in [4.78, 5) is 2.52. The molecule has 0 bridgehead atoms. The van der Waals surface area contributed by atoms with Gasteiger partial charge < -0.3 is 10.0 Å². The van der Waals surface area contributed by atoms with Crippen molar-refractivity contribution in [3.8, 4) is 0 Å². The maximum absolute atomic E-state index is 9.48. The second-order valence-electron chi connectivity index (χ2n) is 4.99. The minimum absolute atomic E-state index is 0.157. The van der Waals surface area contributed by atoms with Crippen molar-refractivity contribution >= 4 is 0 Å². The molecule has 0 aliphatic carbocycles. The molecule has 0 aromatic heterocycles. The van der Waals surface area contributed by atoms with Gasteiger partial charge in [-0.3, -0.25) is 0 Å². The lowest BCUT2D eigenvalue weighted by atomic mass is 9.83. The van der Waals surface area contributed by atoms with Gasteiger partial charge in [-0.25, -0.2) is 0 Å². The van der Waals surface area contributed by atoms with E-state index in [1.807, 2.05) is 0 Å². The van der Waals surface area contributed by atoms with Crippen LogP contribution in [-0.2, 0) is 0 Å². The van der Waals surface area contributed by atoms with E-state index in [-0.39, 0.29) is 5.41 Å². The number of nitrogens with zero attached hydrogens (tertiary/aromatic N) is 1. The molecular formula is C12H25NO. The smallest absolute Gasteiger partial charge is 0.0499 e. The second kappa shape index (κ2) is 5.13. The Morgan fingerprint density at radius 3 is 2.36 bits per heavy atom. The fourth-order valence-corrected chi connectivity index (χ4v) is 2.39. The molecule has 14 heavy (non-hydrogen) atoms. The first-order chi connectivity index (χ1) is 6.65. The Balaban J connectivity index is 2.47. The molecule has 0 radical (unpaired) electrons. The molecule has 1 fully saturated rings. The predicted molar refractivity (Wildman–Crippen MR) is 60.3 cm³/mol. The van der Waals surface area contributed by atoms with E-state index >= 15 is 0 Å². The molecule has 1 atom stereocenters. The van der Waals surface area contributed by atoms with Crippen LogP contribution in [0.5, 0.6) is 0 Å². The molecule has 0 saturated carbocycles. The first-order valence-electron chi connectivity index (χ1n) is 5.99. The van der Waals surface area contributed by atoms with E-state index in [1.54, 1.807) is 0 Å². The molecule has 2 heteroatoms. The summed E-state index contributed by atoms with van der Waals surface area (Å²) in [6.07, 6.45) is 3.50. The van der Waals surface area contributed by atoms with Crippen LogP contribution in [0, 0.1) is 11.3 Å². The zero-order chi connectivity index (χ0) is 10.6. The highest BCUT2D eigenvalue weighted by Gasteiger charge is 2.30. The van der Waals surface area contributed by atoms with Crippen molar-refractivity contribution in [2.45, 2.75) is 40.0 Å². The van der Waals surface area contributed by atoms with E-state index in [9.17, 15) is 5.11 Å². The van der Waals surface area contributed by atoms with Gasteiger partial charge in [0.15, 0.2) is 0 Å². The van der Waals surface area contributed by atoms with Crippen LogP contribution in [0.25, 0.3) is 0 Å². The summed E-state index contributed by atoms with van der Waals surface area (Å²) in [6.45, 7) is 10.6. The monoisotopic (exact) mass is 199 g/mol. The van der Waals surface area contributed by atoms with Gasteiger partial charge >= 0.3 is 0 Å². The van der Waals surface area contributed by atoms with E-state index in [0.29, 0.717) is 6.61 Å². The molecule has 84 valence electrons. The Morgan fingerprint density at radius 2 is 2.00 bits per heavy atom. The number of rotatable bonds is 5. The van der Waals surface area contributed by atoms with Crippen molar-refractivity contribution in [1.82, 2.24) is 4.90 Å². The van der Waals surface area contributed by atoms with Crippen LogP contribution in [-0.4, -0.2) is 36.2 Å². The third-order valence-electron chi connectivity index (χ3n) is 3.90. The molecule has 1 N–H and O–H groups in total. The van der Waals surface area contributed by atoms with Gasteiger partial charge in [0, 0.05) is 25.1 Å². The Morgan fingerprint density at radius 1 is 1.36 bits per heavy atom. The van der Waals surface area contributed by atoms with Gasteiger partial charge in [-0.05, 0) is 31.7 Å². The van der Waals surface area contributed by atoms with Gasteiger partial charge in [0.05, 0.1) is 0 Å². The first kappa shape index (κ1) is 12.0. The number of aliphatic hydroxyl groups is 1. The SMILES string of the molecule is CCC(CC)(CO)CN1CCC(C)C1. The van der Waals surface area contributed by atoms with E-state index in [1.165, 1.54) is 19.5 Å². The average molecular weight is 199 g/mol. The summed E-state index contributed by atoms with van der Waals surface area (Å²) >= 11 is 0. The zero-order valence-corrected chi connectivity index (χ0v) is 9.92. The first-order valence-corrected chi connectivity index (χ1v) is 5.99. The molecule has 0 spiro atoms. The lowest BCUT2D eigenvalue weighted by molar-refractivity contribution is 0.0737. The quantitative estimate of drug-likeness (QED) is 0.733. The molecule has 0 amide bonds. The van der Waals surface area contributed by atoms with E-state index in [2.05, 4.69) is 25.7 Å². The van der Waals surface area contributed by atoms with Crippen molar-refractivity contribution in [2.75, 3.05) is 26.2 Å². The summed E-state index contributed by atoms with van der Waals surface area (Å²) in [6, 6.07) is 0. The summed E-state index contributed by atoms with van der Waals surface area (Å²) < 4.78 is 0. The highest BCUT2D eigenvalue weighted by Crippen LogP contribution is 2.29. The summed E-state index contributed by atoms with van der Waals surface area (Å²) in [7, 11) is 0. The fraction of sp³-hybridized carbons (Fsp3) is 1.00. The van der Waals surface area contributed by atoms with Gasteiger partial charge in [0.2, 0.25) is 0 Å². The van der Waals surface area contributed by atoms with Crippen molar-refractivity contribution in [2.24, 2.45) is 11.3 Å². The van der Waals surface area contributed by atoms with Gasteiger partial charge in [-0.15, -0.1) is 0 Å². The van der Waals surface area contributed by atoms with E-state index in [4.69, 9.17) is 0 Å². The number of hydrogen-bond donors (Lipinski definition) is 1. The molecule has 1 heterocycles. The lowest BCUT2D eigenvalue weighted by Crippen LogP contribution is -2.38. The van der Waals surface area contributed by atoms with Crippen LogP contribution in [0.2, 0.25) is 0 Å². The van der Waals surface area contributed by atoms with Crippen LogP contribution >= 0.6 is 0 Å². The Hall–Kier alpha value is -0.0800. The van der Waals surface area contributed by atoms with Crippen molar-refractivity contribution < 1.29 is 5.11 Å². The van der Waals surface area contributed by atoms with Crippen LogP contribution in [0.15, 0.2) is 0 Å². The highest BCUT2D eigenvalue weighted by atomic mass is 16.3. The van der Waals surface area contributed by atoms with Crippen molar-refractivity contribution in [3.63, 3.8) is 0 Å². The number of hydrogen-bond acceptors (Lipinski definition) is 2. The molecule has 1 rings (SSSR count). The zero-order valence-electron chi connectivity index (χ0n) is 9.92. The predicted octanol–water partition coefficient (Wildman–Crippen LogP) is 2.13. The number of aliphatic hydroxyl groups excluding tert-OH is 1. The highest BCUT2D eigenvalue weighted by molar-refractivity contribution is 4.83. The van der Waals surface area contributed by atoms with Crippen LogP contribution in [0.1, 0.15) is 40.0 Å². The molecule has 0 aromatic carbocycles. The summed E-state index contributed by atoms with van der Waals surface area (Å²) in [5, 5.41) is 9.48. The average Bonchev–Trinajstić information content (AvgIpc) is 2.61. The van der Waals surface area contributed by atoms with Gasteiger partial charge in [-0.1, -0.05) is 20.8 Å². The third-order valence-corrected chi connectivity index (χ3v) is 3.90. The molecular weight excluding hydrogens is 174 g/mol. The molecule has 0 aromatic rings. The Bertz CT molecular complexity index is 157. The van der Waals surface area contributed by atoms with Crippen molar-refractivity contribution in [1.29, 1.82) is 0 Å². The molecule has 1 saturated heterocycles. The minimum atomic E-state index is 0.157. The normalized spacial score (nSPS) is 24.4. The number of likely N-dealkylation sites (tertiary alicyclic amines) is 1. The Labute approximate surface area is 88.3 Å². The third kappa shape index (κ3) is 2.71. The minimum Gasteiger partial charge on any atom is -0.396 e. The largest absolute Gasteiger partial charge is 0.396 e. The molecule has 1 unspecified atom stereocenters. The second-order valence-corrected chi connectivity index (χ2v) is 4.99. The Kier molecular flexibility index (Phi) is 4.39.